The fraction of sp³-hybridized carbons (Fsp3) is 0.111. The van der Waals surface area contributed by atoms with Gasteiger partial charge >= 0.3 is 0 Å². The molecule has 0 fully saturated rings. The van der Waals surface area contributed by atoms with Crippen LogP contribution in [0.2, 0.25) is 5.02 Å². The van der Waals surface area contributed by atoms with Crippen molar-refractivity contribution in [2.75, 3.05) is 11.9 Å². The number of benzene rings is 2. The Morgan fingerprint density at radius 1 is 1.19 bits per heavy atom. The number of fused-ring (bicyclic) bond motifs is 1. The van der Waals surface area contributed by atoms with Crippen molar-refractivity contribution in [1.82, 2.24) is 14.6 Å². The minimum absolute atomic E-state index is 0.281. The smallest absolute Gasteiger partial charge is 0.214 e. The Labute approximate surface area is 157 Å². The normalized spacial score (nSPS) is 12.4. The van der Waals surface area contributed by atoms with Gasteiger partial charge in [-0.3, -0.25) is 0 Å². The number of halogens is 2. The standard InChI is InChI=1S/C18H14ClFN4OS/c19-14-4-2-1-3-13(14)16(25)9-21-17-23-24-10-15(22-18(24)26-17)11-5-7-12(20)8-6-11/h1-8,10,16,25H,9H2,(H,21,23). The zero-order chi connectivity index (χ0) is 18.1. The van der Waals surface area contributed by atoms with Crippen LogP contribution in [0.1, 0.15) is 11.7 Å². The molecule has 0 saturated heterocycles. The van der Waals surface area contributed by atoms with E-state index in [9.17, 15) is 9.50 Å². The number of aromatic nitrogens is 3. The first-order chi connectivity index (χ1) is 12.6. The molecule has 2 aromatic heterocycles. The van der Waals surface area contributed by atoms with E-state index < -0.39 is 6.10 Å². The summed E-state index contributed by atoms with van der Waals surface area (Å²) in [5.41, 5.74) is 2.22. The number of imidazole rings is 1. The summed E-state index contributed by atoms with van der Waals surface area (Å²) >= 11 is 7.46. The van der Waals surface area contributed by atoms with Gasteiger partial charge in [0.1, 0.15) is 5.82 Å². The van der Waals surface area contributed by atoms with Crippen LogP contribution in [0, 0.1) is 5.82 Å². The van der Waals surface area contributed by atoms with Gasteiger partial charge in [-0.2, -0.15) is 0 Å². The molecule has 2 N–H and O–H groups in total. The lowest BCUT2D eigenvalue weighted by atomic mass is 10.1. The molecular formula is C18H14ClFN4OS. The largest absolute Gasteiger partial charge is 0.387 e. The zero-order valence-electron chi connectivity index (χ0n) is 13.4. The van der Waals surface area contributed by atoms with Crippen LogP contribution in [0.5, 0.6) is 0 Å². The summed E-state index contributed by atoms with van der Waals surface area (Å²) in [4.78, 5) is 5.21. The first-order valence-electron chi connectivity index (χ1n) is 7.88. The van der Waals surface area contributed by atoms with Gasteiger partial charge in [-0.15, -0.1) is 5.10 Å². The third kappa shape index (κ3) is 3.41. The molecule has 2 heterocycles. The van der Waals surface area contributed by atoms with Gasteiger partial charge in [0.25, 0.3) is 0 Å². The Kier molecular flexibility index (Phi) is 4.58. The molecule has 0 radical (unpaired) electrons. The Morgan fingerprint density at radius 2 is 1.96 bits per heavy atom. The highest BCUT2D eigenvalue weighted by atomic mass is 35.5. The molecule has 26 heavy (non-hydrogen) atoms. The zero-order valence-corrected chi connectivity index (χ0v) is 15.0. The lowest BCUT2D eigenvalue weighted by Gasteiger charge is -2.12. The van der Waals surface area contributed by atoms with Crippen LogP contribution >= 0.6 is 22.9 Å². The van der Waals surface area contributed by atoms with Crippen molar-refractivity contribution < 1.29 is 9.50 Å². The second-order valence-electron chi connectivity index (χ2n) is 5.69. The second-order valence-corrected chi connectivity index (χ2v) is 7.05. The van der Waals surface area contributed by atoms with E-state index in [-0.39, 0.29) is 12.4 Å². The second kappa shape index (κ2) is 7.03. The minimum atomic E-state index is -0.741. The SMILES string of the molecule is OC(CNc1nn2cc(-c3ccc(F)cc3)nc2s1)c1ccccc1Cl. The third-order valence-electron chi connectivity index (χ3n) is 3.89. The van der Waals surface area contributed by atoms with Crippen molar-refractivity contribution in [2.45, 2.75) is 6.10 Å². The molecule has 1 unspecified atom stereocenters. The number of aliphatic hydroxyl groups excluding tert-OH is 1. The van der Waals surface area contributed by atoms with Crippen molar-refractivity contribution in [1.29, 1.82) is 0 Å². The Balaban J connectivity index is 1.47. The molecule has 2 aromatic carbocycles. The van der Waals surface area contributed by atoms with Crippen molar-refractivity contribution in [3.8, 4) is 11.3 Å². The molecule has 0 aliphatic carbocycles. The molecule has 0 spiro atoms. The van der Waals surface area contributed by atoms with Crippen LogP contribution < -0.4 is 5.32 Å². The third-order valence-corrected chi connectivity index (χ3v) is 5.12. The first-order valence-corrected chi connectivity index (χ1v) is 9.08. The summed E-state index contributed by atoms with van der Waals surface area (Å²) in [6, 6.07) is 13.4. The molecule has 8 heteroatoms. The summed E-state index contributed by atoms with van der Waals surface area (Å²) in [6.07, 6.45) is 1.05. The fourth-order valence-electron chi connectivity index (χ4n) is 2.57. The molecule has 0 bridgehead atoms. The summed E-state index contributed by atoms with van der Waals surface area (Å²) in [7, 11) is 0. The predicted octanol–water partition coefficient (Wildman–Crippen LogP) is 4.40. The topological polar surface area (TPSA) is 62.5 Å². The van der Waals surface area contributed by atoms with E-state index in [1.54, 1.807) is 35.0 Å². The highest BCUT2D eigenvalue weighted by molar-refractivity contribution is 7.20. The molecule has 1 atom stereocenters. The number of rotatable bonds is 5. The molecule has 0 saturated carbocycles. The van der Waals surface area contributed by atoms with Gasteiger partial charge in [0.2, 0.25) is 10.1 Å². The lowest BCUT2D eigenvalue weighted by molar-refractivity contribution is 0.191. The van der Waals surface area contributed by atoms with Crippen LogP contribution in [0.3, 0.4) is 0 Å². The molecule has 5 nitrogen and oxygen atoms in total. The van der Waals surface area contributed by atoms with Gasteiger partial charge < -0.3 is 10.4 Å². The van der Waals surface area contributed by atoms with Crippen LogP contribution in [0.25, 0.3) is 16.2 Å². The summed E-state index contributed by atoms with van der Waals surface area (Å²) < 4.78 is 14.7. The van der Waals surface area contributed by atoms with Crippen LogP contribution in [-0.2, 0) is 0 Å². The number of hydrogen-bond acceptors (Lipinski definition) is 5. The lowest BCUT2D eigenvalue weighted by Crippen LogP contribution is -2.12. The molecular weight excluding hydrogens is 375 g/mol. The van der Waals surface area contributed by atoms with Crippen LogP contribution in [0.4, 0.5) is 9.52 Å². The van der Waals surface area contributed by atoms with Crippen LogP contribution in [-0.4, -0.2) is 26.2 Å². The monoisotopic (exact) mass is 388 g/mol. The summed E-state index contributed by atoms with van der Waals surface area (Å²) in [5.74, 6) is -0.281. The number of nitrogens with one attached hydrogen (secondary N) is 1. The van der Waals surface area contributed by atoms with Gasteiger partial charge in [0.15, 0.2) is 0 Å². The van der Waals surface area contributed by atoms with Gasteiger partial charge in [-0.05, 0) is 30.3 Å². The maximum absolute atomic E-state index is 13.0. The number of anilines is 1. The molecule has 0 aliphatic heterocycles. The number of hydrogen-bond donors (Lipinski definition) is 2. The predicted molar refractivity (Wildman–Crippen MR) is 101 cm³/mol. The highest BCUT2D eigenvalue weighted by Crippen LogP contribution is 2.26. The Bertz CT molecular complexity index is 1020. The molecule has 4 rings (SSSR count). The number of aliphatic hydroxyl groups is 1. The molecule has 132 valence electrons. The minimum Gasteiger partial charge on any atom is -0.387 e. The van der Waals surface area contributed by atoms with E-state index in [4.69, 9.17) is 11.6 Å². The van der Waals surface area contributed by atoms with Crippen molar-refractivity contribution in [2.24, 2.45) is 0 Å². The van der Waals surface area contributed by atoms with E-state index in [1.807, 2.05) is 12.1 Å². The van der Waals surface area contributed by atoms with E-state index in [1.165, 1.54) is 23.5 Å². The molecule has 4 aromatic rings. The van der Waals surface area contributed by atoms with Crippen molar-refractivity contribution >= 4 is 33.0 Å². The van der Waals surface area contributed by atoms with E-state index >= 15 is 0 Å². The van der Waals surface area contributed by atoms with Crippen molar-refractivity contribution in [3.05, 3.63) is 71.1 Å². The van der Waals surface area contributed by atoms with Gasteiger partial charge in [0.05, 0.1) is 18.0 Å². The maximum atomic E-state index is 13.0. The van der Waals surface area contributed by atoms with Gasteiger partial charge in [-0.25, -0.2) is 13.9 Å². The molecule has 0 aliphatic rings. The van der Waals surface area contributed by atoms with E-state index in [0.29, 0.717) is 20.7 Å². The Morgan fingerprint density at radius 3 is 2.69 bits per heavy atom. The average Bonchev–Trinajstić information content (AvgIpc) is 3.19. The Hall–Kier alpha value is -2.48. The van der Waals surface area contributed by atoms with Gasteiger partial charge in [0, 0.05) is 22.7 Å². The first kappa shape index (κ1) is 17.0. The fourth-order valence-corrected chi connectivity index (χ4v) is 3.62. The van der Waals surface area contributed by atoms with E-state index in [0.717, 1.165) is 11.3 Å². The summed E-state index contributed by atoms with van der Waals surface area (Å²) in [5, 5.41) is 19.0. The maximum Gasteiger partial charge on any atom is 0.214 e. The number of nitrogens with zero attached hydrogens (tertiary/aromatic N) is 3. The average molecular weight is 389 g/mol. The van der Waals surface area contributed by atoms with Gasteiger partial charge in [-0.1, -0.05) is 41.1 Å². The van der Waals surface area contributed by atoms with E-state index in [2.05, 4.69) is 15.4 Å². The highest BCUT2D eigenvalue weighted by Gasteiger charge is 2.13. The van der Waals surface area contributed by atoms with Crippen molar-refractivity contribution in [3.63, 3.8) is 0 Å². The quantitative estimate of drug-likeness (QED) is 0.532. The molecule has 0 amide bonds. The van der Waals surface area contributed by atoms with Crippen LogP contribution in [0.15, 0.2) is 54.7 Å². The summed E-state index contributed by atoms with van der Waals surface area (Å²) in [6.45, 7) is 0.283.